The van der Waals surface area contributed by atoms with E-state index in [9.17, 15) is 15.0 Å². The lowest BCUT2D eigenvalue weighted by Crippen LogP contribution is -2.09. The van der Waals surface area contributed by atoms with E-state index < -0.39 is 0 Å². The number of phenols is 2. The van der Waals surface area contributed by atoms with Gasteiger partial charge in [-0.3, -0.25) is 4.79 Å². The quantitative estimate of drug-likeness (QED) is 0.359. The van der Waals surface area contributed by atoms with E-state index in [0.717, 1.165) is 11.1 Å². The average Bonchev–Trinajstić information content (AvgIpc) is 2.71. The standard InChI is InChI=1S/C26H30O6/c1-7-31-21-13-20-22(17(26(21)30-6)11-9-15(4)5)25(29)23-19(32-20)12-18(27)16(24(23)28)10-8-14(2)3/h8-9,12-13,27-28H,7,10-11H2,1-6H3. The van der Waals surface area contributed by atoms with Crippen molar-refractivity contribution in [2.45, 2.75) is 47.5 Å². The Kier molecular flexibility index (Phi) is 6.82. The molecule has 2 aromatic carbocycles. The van der Waals surface area contributed by atoms with E-state index in [4.69, 9.17) is 13.9 Å². The molecule has 1 aromatic heterocycles. The van der Waals surface area contributed by atoms with Crippen LogP contribution in [0.5, 0.6) is 23.0 Å². The number of benzene rings is 2. The highest BCUT2D eigenvalue weighted by molar-refractivity contribution is 5.97. The smallest absolute Gasteiger partial charge is 0.204 e. The third-order valence-electron chi connectivity index (χ3n) is 5.26. The lowest BCUT2D eigenvalue weighted by atomic mass is 9.98. The molecular weight excluding hydrogens is 408 g/mol. The minimum absolute atomic E-state index is 0.0390. The summed E-state index contributed by atoms with van der Waals surface area (Å²) >= 11 is 0. The van der Waals surface area contributed by atoms with E-state index in [2.05, 4.69) is 0 Å². The normalized spacial score (nSPS) is 10.9. The Hall–Kier alpha value is -3.41. The van der Waals surface area contributed by atoms with Crippen molar-refractivity contribution in [1.82, 2.24) is 0 Å². The van der Waals surface area contributed by atoms with Crippen LogP contribution in [0, 0.1) is 0 Å². The molecule has 0 amide bonds. The van der Waals surface area contributed by atoms with E-state index in [1.165, 1.54) is 13.2 Å². The summed E-state index contributed by atoms with van der Waals surface area (Å²) in [7, 11) is 1.53. The summed E-state index contributed by atoms with van der Waals surface area (Å²) in [5, 5.41) is 21.8. The lowest BCUT2D eigenvalue weighted by Gasteiger charge is -2.16. The first kappa shape index (κ1) is 23.3. The number of phenolic OH excluding ortho intramolecular Hbond substituents is 2. The van der Waals surface area contributed by atoms with Crippen LogP contribution in [0.15, 0.2) is 44.6 Å². The second-order valence-corrected chi connectivity index (χ2v) is 8.19. The highest BCUT2D eigenvalue weighted by Crippen LogP contribution is 2.41. The largest absolute Gasteiger partial charge is 0.507 e. The minimum Gasteiger partial charge on any atom is -0.507 e. The van der Waals surface area contributed by atoms with E-state index in [-0.39, 0.29) is 33.5 Å². The summed E-state index contributed by atoms with van der Waals surface area (Å²) in [6.07, 6.45) is 4.60. The van der Waals surface area contributed by atoms with Gasteiger partial charge < -0.3 is 24.1 Å². The van der Waals surface area contributed by atoms with Gasteiger partial charge in [-0.1, -0.05) is 23.3 Å². The molecule has 32 heavy (non-hydrogen) atoms. The van der Waals surface area contributed by atoms with Crippen LogP contribution < -0.4 is 14.9 Å². The van der Waals surface area contributed by atoms with E-state index in [1.807, 2.05) is 46.8 Å². The van der Waals surface area contributed by atoms with Gasteiger partial charge in [-0.2, -0.15) is 0 Å². The number of fused-ring (bicyclic) bond motifs is 2. The molecular formula is C26H30O6. The third-order valence-corrected chi connectivity index (χ3v) is 5.26. The van der Waals surface area contributed by atoms with Crippen molar-refractivity contribution in [2.24, 2.45) is 0 Å². The third kappa shape index (κ3) is 4.31. The SMILES string of the molecule is CCOc1cc2oc3cc(O)c(CC=C(C)C)c(O)c3c(=O)c2c(CC=C(C)C)c1OC. The van der Waals surface area contributed by atoms with Gasteiger partial charge in [0, 0.05) is 23.3 Å². The average molecular weight is 439 g/mol. The number of hydrogen-bond acceptors (Lipinski definition) is 6. The summed E-state index contributed by atoms with van der Waals surface area (Å²) < 4.78 is 17.4. The van der Waals surface area contributed by atoms with Crippen LogP contribution in [0.2, 0.25) is 0 Å². The Bertz CT molecular complexity index is 1290. The summed E-state index contributed by atoms with van der Waals surface area (Å²) in [5.74, 6) is 0.537. The second kappa shape index (κ2) is 9.39. The summed E-state index contributed by atoms with van der Waals surface area (Å²) in [6.45, 7) is 10.1. The number of methoxy groups -OCH3 is 1. The molecule has 170 valence electrons. The van der Waals surface area contributed by atoms with Crippen molar-refractivity contribution >= 4 is 21.9 Å². The maximum absolute atomic E-state index is 13.7. The fourth-order valence-electron chi connectivity index (χ4n) is 3.71. The van der Waals surface area contributed by atoms with E-state index >= 15 is 0 Å². The Morgan fingerprint density at radius 1 is 0.969 bits per heavy atom. The van der Waals surface area contributed by atoms with Gasteiger partial charge in [0.1, 0.15) is 28.1 Å². The molecule has 0 saturated heterocycles. The molecule has 0 aliphatic heterocycles. The molecule has 0 spiro atoms. The lowest BCUT2D eigenvalue weighted by molar-refractivity contribution is 0.309. The first-order chi connectivity index (χ1) is 15.2. The zero-order chi connectivity index (χ0) is 23.6. The molecule has 6 heteroatoms. The van der Waals surface area contributed by atoms with Crippen LogP contribution in [-0.4, -0.2) is 23.9 Å². The molecule has 0 atom stereocenters. The predicted octanol–water partition coefficient (Wildman–Crippen LogP) is 5.78. The fraction of sp³-hybridized carbons (Fsp3) is 0.346. The Labute approximate surface area is 187 Å². The molecule has 0 unspecified atom stereocenters. The van der Waals surface area contributed by atoms with Crippen LogP contribution >= 0.6 is 0 Å². The van der Waals surface area contributed by atoms with Crippen LogP contribution in [0.1, 0.15) is 45.7 Å². The van der Waals surface area contributed by atoms with Crippen LogP contribution in [0.25, 0.3) is 21.9 Å². The number of ether oxygens (including phenoxy) is 2. The van der Waals surface area contributed by atoms with Gasteiger partial charge in [0.25, 0.3) is 0 Å². The molecule has 0 fully saturated rings. The molecule has 0 aliphatic carbocycles. The molecule has 3 rings (SSSR count). The van der Waals surface area contributed by atoms with Crippen molar-refractivity contribution in [3.63, 3.8) is 0 Å². The number of rotatable bonds is 7. The van der Waals surface area contributed by atoms with Crippen molar-refractivity contribution in [3.05, 3.63) is 56.8 Å². The van der Waals surface area contributed by atoms with Crippen molar-refractivity contribution < 1.29 is 24.1 Å². The molecule has 3 aromatic rings. The van der Waals surface area contributed by atoms with Gasteiger partial charge in [-0.05, 0) is 47.5 Å². The second-order valence-electron chi connectivity index (χ2n) is 8.19. The van der Waals surface area contributed by atoms with Crippen molar-refractivity contribution in [2.75, 3.05) is 13.7 Å². The summed E-state index contributed by atoms with van der Waals surface area (Å²) in [4.78, 5) is 13.7. The monoisotopic (exact) mass is 438 g/mol. The first-order valence-corrected chi connectivity index (χ1v) is 10.6. The van der Waals surface area contributed by atoms with Gasteiger partial charge in [-0.25, -0.2) is 0 Å². The fourth-order valence-corrected chi connectivity index (χ4v) is 3.71. The van der Waals surface area contributed by atoms with Gasteiger partial charge in [-0.15, -0.1) is 0 Å². The van der Waals surface area contributed by atoms with Gasteiger partial charge >= 0.3 is 0 Å². The van der Waals surface area contributed by atoms with Crippen LogP contribution in [0.3, 0.4) is 0 Å². The molecule has 0 aliphatic rings. The van der Waals surface area contributed by atoms with Gasteiger partial charge in [0.15, 0.2) is 11.5 Å². The number of allylic oxidation sites excluding steroid dienone is 4. The summed E-state index contributed by atoms with van der Waals surface area (Å²) in [5.41, 5.74) is 3.07. The Balaban J connectivity index is 2.46. The Morgan fingerprint density at radius 2 is 1.56 bits per heavy atom. The van der Waals surface area contributed by atoms with E-state index in [0.29, 0.717) is 47.5 Å². The zero-order valence-electron chi connectivity index (χ0n) is 19.5. The maximum atomic E-state index is 13.7. The first-order valence-electron chi connectivity index (χ1n) is 10.6. The molecule has 6 nitrogen and oxygen atoms in total. The predicted molar refractivity (Wildman–Crippen MR) is 127 cm³/mol. The molecule has 0 radical (unpaired) electrons. The number of aromatic hydroxyl groups is 2. The van der Waals surface area contributed by atoms with Crippen LogP contribution in [0.4, 0.5) is 0 Å². The van der Waals surface area contributed by atoms with Crippen molar-refractivity contribution in [1.29, 1.82) is 0 Å². The Morgan fingerprint density at radius 3 is 2.12 bits per heavy atom. The van der Waals surface area contributed by atoms with Crippen LogP contribution in [-0.2, 0) is 12.8 Å². The summed E-state index contributed by atoms with van der Waals surface area (Å²) in [6, 6.07) is 3.00. The van der Waals surface area contributed by atoms with Crippen molar-refractivity contribution in [3.8, 4) is 23.0 Å². The molecule has 0 bridgehead atoms. The molecule has 2 N–H and O–H groups in total. The minimum atomic E-state index is -0.379. The highest BCUT2D eigenvalue weighted by Gasteiger charge is 2.23. The van der Waals surface area contributed by atoms with E-state index in [1.54, 1.807) is 6.07 Å². The van der Waals surface area contributed by atoms with Gasteiger partial charge in [0.05, 0.1) is 19.1 Å². The number of hydrogen-bond donors (Lipinski definition) is 2. The highest BCUT2D eigenvalue weighted by atomic mass is 16.5. The maximum Gasteiger partial charge on any atom is 0.204 e. The zero-order valence-corrected chi connectivity index (χ0v) is 19.5. The van der Waals surface area contributed by atoms with Gasteiger partial charge in [0.2, 0.25) is 5.43 Å². The molecule has 1 heterocycles. The topological polar surface area (TPSA) is 89.1 Å². The molecule has 0 saturated carbocycles.